The first-order valence-corrected chi connectivity index (χ1v) is 16.3. The second-order valence-electron chi connectivity index (χ2n) is 12.6. The van der Waals surface area contributed by atoms with Gasteiger partial charge in [-0.25, -0.2) is 0 Å². The molecule has 0 atom stereocenters. The molecule has 1 aromatic heterocycles. The summed E-state index contributed by atoms with van der Waals surface area (Å²) in [5, 5.41) is 12.8. The van der Waals surface area contributed by atoms with Crippen LogP contribution in [0.4, 0.5) is 0 Å². The van der Waals surface area contributed by atoms with E-state index in [4.69, 9.17) is 0 Å². The van der Waals surface area contributed by atoms with Crippen molar-refractivity contribution in [3.05, 3.63) is 170 Å². The van der Waals surface area contributed by atoms with Gasteiger partial charge in [0.2, 0.25) is 0 Å². The van der Waals surface area contributed by atoms with Crippen LogP contribution in [0.25, 0.3) is 98.3 Å². The molecule has 0 spiro atoms. The van der Waals surface area contributed by atoms with Crippen LogP contribution in [0, 0.1) is 0 Å². The molecule has 0 aliphatic rings. The second kappa shape index (κ2) is 10.2. The van der Waals surface area contributed by atoms with Crippen molar-refractivity contribution >= 4 is 64.9 Å². The largest absolute Gasteiger partial charge is 0.354 e. The predicted octanol–water partition coefficient (Wildman–Crippen LogP) is 12.9. The maximum absolute atomic E-state index is 3.70. The van der Waals surface area contributed by atoms with Crippen molar-refractivity contribution in [1.29, 1.82) is 0 Å². The monoisotopic (exact) mass is 595 g/mol. The maximum Gasteiger partial charge on any atom is 0.0471 e. The van der Waals surface area contributed by atoms with Crippen molar-refractivity contribution in [1.82, 2.24) is 4.98 Å². The fraction of sp³-hybridized carbons (Fsp3) is 0. The highest BCUT2D eigenvalue weighted by molar-refractivity contribution is 6.26. The summed E-state index contributed by atoms with van der Waals surface area (Å²) >= 11 is 0. The highest BCUT2D eigenvalue weighted by Gasteiger charge is 2.14. The normalized spacial score (nSPS) is 11.8. The molecular formula is C46H29N. The van der Waals surface area contributed by atoms with Crippen LogP contribution in [-0.4, -0.2) is 4.98 Å². The molecule has 0 bridgehead atoms. The number of H-pyrrole nitrogens is 1. The van der Waals surface area contributed by atoms with E-state index in [-0.39, 0.29) is 0 Å². The van der Waals surface area contributed by atoms with Gasteiger partial charge in [0.25, 0.3) is 0 Å². The molecule has 0 aliphatic carbocycles. The lowest BCUT2D eigenvalue weighted by Crippen LogP contribution is -1.85. The Kier molecular flexibility index (Phi) is 5.64. The van der Waals surface area contributed by atoms with Gasteiger partial charge in [-0.2, -0.15) is 0 Å². The van der Waals surface area contributed by atoms with Gasteiger partial charge in [0, 0.05) is 21.8 Å². The van der Waals surface area contributed by atoms with Gasteiger partial charge in [-0.15, -0.1) is 0 Å². The number of hydrogen-bond acceptors (Lipinski definition) is 0. The number of nitrogens with one attached hydrogen (secondary N) is 1. The maximum atomic E-state index is 3.70. The van der Waals surface area contributed by atoms with Crippen molar-refractivity contribution in [2.45, 2.75) is 0 Å². The molecule has 0 radical (unpaired) electrons. The van der Waals surface area contributed by atoms with Crippen LogP contribution < -0.4 is 0 Å². The molecule has 0 fully saturated rings. The van der Waals surface area contributed by atoms with E-state index in [1.54, 1.807) is 0 Å². The molecule has 9 aromatic carbocycles. The summed E-state index contributed by atoms with van der Waals surface area (Å²) in [5.74, 6) is 0. The van der Waals surface area contributed by atoms with Gasteiger partial charge in [-0.05, 0) is 113 Å². The van der Waals surface area contributed by atoms with Crippen molar-refractivity contribution in [3.63, 3.8) is 0 Å². The Balaban J connectivity index is 1.13. The van der Waals surface area contributed by atoms with E-state index in [0.29, 0.717) is 0 Å². The third-order valence-electron chi connectivity index (χ3n) is 9.96. The summed E-state index contributed by atoms with van der Waals surface area (Å²) in [5.41, 5.74) is 9.72. The zero-order chi connectivity index (χ0) is 30.9. The van der Waals surface area contributed by atoms with Crippen LogP contribution in [0.15, 0.2) is 170 Å². The molecule has 1 heteroatoms. The molecule has 0 aliphatic heterocycles. The second-order valence-corrected chi connectivity index (χ2v) is 12.6. The molecule has 47 heavy (non-hydrogen) atoms. The fourth-order valence-electron chi connectivity index (χ4n) is 7.68. The summed E-state index contributed by atoms with van der Waals surface area (Å²) in [6.07, 6.45) is 0. The lowest BCUT2D eigenvalue weighted by Gasteiger charge is -2.12. The average Bonchev–Trinajstić information content (AvgIpc) is 3.53. The lowest BCUT2D eigenvalue weighted by atomic mass is 9.91. The molecule has 10 aromatic rings. The third kappa shape index (κ3) is 4.10. The highest BCUT2D eigenvalue weighted by atomic mass is 14.7. The minimum Gasteiger partial charge on any atom is -0.354 e. The van der Waals surface area contributed by atoms with Gasteiger partial charge in [0.05, 0.1) is 0 Å². The Morgan fingerprint density at radius 2 is 0.809 bits per heavy atom. The third-order valence-corrected chi connectivity index (χ3v) is 9.96. The molecule has 1 N–H and O–H groups in total. The van der Waals surface area contributed by atoms with E-state index in [9.17, 15) is 0 Å². The standard InChI is InChI=1S/C46H29N/c1-2-9-29(10-3-1)30-17-18-32-26-35(20-19-31(32)25-30)36-15-8-16-45-46(36)43-28-34(22-24-44(43)47-45)33-21-23-41-39-13-5-4-11-37(39)38-12-6-7-14-40(38)42(41)27-33/h1-28,47H. The number of hydrogen-bond donors (Lipinski definition) is 1. The van der Waals surface area contributed by atoms with Gasteiger partial charge in [-0.3, -0.25) is 0 Å². The molecule has 0 amide bonds. The highest BCUT2D eigenvalue weighted by Crippen LogP contribution is 2.40. The van der Waals surface area contributed by atoms with Gasteiger partial charge in [-0.1, -0.05) is 133 Å². The first kappa shape index (κ1) is 26.1. The van der Waals surface area contributed by atoms with E-state index < -0.39 is 0 Å². The summed E-state index contributed by atoms with van der Waals surface area (Å²) in [6.45, 7) is 0. The van der Waals surface area contributed by atoms with Crippen LogP contribution in [0.1, 0.15) is 0 Å². The molecular weight excluding hydrogens is 567 g/mol. The Morgan fingerprint density at radius 1 is 0.277 bits per heavy atom. The van der Waals surface area contributed by atoms with Gasteiger partial charge in [0.1, 0.15) is 0 Å². The van der Waals surface area contributed by atoms with Crippen LogP contribution >= 0.6 is 0 Å². The zero-order valence-corrected chi connectivity index (χ0v) is 25.7. The Morgan fingerprint density at radius 3 is 1.53 bits per heavy atom. The Hall–Kier alpha value is -6.18. The van der Waals surface area contributed by atoms with Gasteiger partial charge >= 0.3 is 0 Å². The topological polar surface area (TPSA) is 15.8 Å². The number of aromatic nitrogens is 1. The van der Waals surface area contributed by atoms with Gasteiger partial charge < -0.3 is 4.98 Å². The molecule has 1 heterocycles. The number of aromatic amines is 1. The quantitative estimate of drug-likeness (QED) is 0.196. The minimum atomic E-state index is 1.15. The number of benzene rings is 9. The molecule has 218 valence electrons. The van der Waals surface area contributed by atoms with E-state index >= 15 is 0 Å². The van der Waals surface area contributed by atoms with E-state index in [2.05, 4.69) is 175 Å². The summed E-state index contributed by atoms with van der Waals surface area (Å²) in [6, 6.07) is 62.3. The van der Waals surface area contributed by atoms with E-state index in [1.807, 2.05) is 0 Å². The SMILES string of the molecule is c1ccc(-c2ccc3cc(-c4cccc5[nH]c6ccc(-c7ccc8c9ccccc9c9ccccc9c8c7)cc6c45)ccc3c2)cc1. The van der Waals surface area contributed by atoms with E-state index in [0.717, 1.165) is 11.0 Å². The predicted molar refractivity (Wildman–Crippen MR) is 202 cm³/mol. The Bertz CT molecular complexity index is 2800. The zero-order valence-electron chi connectivity index (χ0n) is 25.7. The summed E-state index contributed by atoms with van der Waals surface area (Å²) < 4.78 is 0. The van der Waals surface area contributed by atoms with Crippen LogP contribution in [0.2, 0.25) is 0 Å². The minimum absolute atomic E-state index is 1.15. The van der Waals surface area contributed by atoms with Crippen molar-refractivity contribution in [3.8, 4) is 33.4 Å². The van der Waals surface area contributed by atoms with Crippen molar-refractivity contribution < 1.29 is 0 Å². The number of fused-ring (bicyclic) bond motifs is 10. The molecule has 0 unspecified atom stereocenters. The van der Waals surface area contributed by atoms with Crippen molar-refractivity contribution in [2.24, 2.45) is 0 Å². The van der Waals surface area contributed by atoms with Crippen molar-refractivity contribution in [2.75, 3.05) is 0 Å². The fourth-order valence-corrected chi connectivity index (χ4v) is 7.68. The number of rotatable bonds is 3. The molecule has 1 nitrogen and oxygen atoms in total. The summed E-state index contributed by atoms with van der Waals surface area (Å²) in [7, 11) is 0. The molecule has 10 rings (SSSR count). The van der Waals surface area contributed by atoms with Crippen LogP contribution in [-0.2, 0) is 0 Å². The average molecular weight is 596 g/mol. The van der Waals surface area contributed by atoms with E-state index in [1.165, 1.54) is 87.2 Å². The smallest absolute Gasteiger partial charge is 0.0471 e. The van der Waals surface area contributed by atoms with Gasteiger partial charge in [0.15, 0.2) is 0 Å². The first-order chi connectivity index (χ1) is 23.3. The lowest BCUT2D eigenvalue weighted by molar-refractivity contribution is 1.54. The summed E-state index contributed by atoms with van der Waals surface area (Å²) in [4.78, 5) is 3.70. The Labute approximate surface area is 272 Å². The first-order valence-electron chi connectivity index (χ1n) is 16.3. The molecule has 0 saturated heterocycles. The molecule has 0 saturated carbocycles. The van der Waals surface area contributed by atoms with Crippen LogP contribution in [0.5, 0.6) is 0 Å². The van der Waals surface area contributed by atoms with Crippen LogP contribution in [0.3, 0.4) is 0 Å².